The average molecular weight is 286 g/mol. The van der Waals surface area contributed by atoms with Crippen LogP contribution in [0.3, 0.4) is 0 Å². The first-order valence-corrected chi connectivity index (χ1v) is 6.70. The molecule has 0 atom stereocenters. The van der Waals surface area contributed by atoms with E-state index in [1.165, 1.54) is 0 Å². The molecule has 2 amide bonds. The number of nitrogens with zero attached hydrogens (tertiary/aromatic N) is 3. The first kappa shape index (κ1) is 14.8. The van der Waals surface area contributed by atoms with Gasteiger partial charge in [-0.1, -0.05) is 6.07 Å². The second-order valence-corrected chi connectivity index (χ2v) is 4.44. The highest BCUT2D eigenvalue weighted by atomic mass is 16.5. The number of nitrogens with one attached hydrogen (secondary N) is 1. The lowest BCUT2D eigenvalue weighted by atomic mass is 10.2. The van der Waals surface area contributed by atoms with Crippen LogP contribution in [0.2, 0.25) is 0 Å². The van der Waals surface area contributed by atoms with Crippen molar-refractivity contribution >= 4 is 11.8 Å². The molecular formula is C15H18N4O2. The Hall–Kier alpha value is -2.63. The topological polar surface area (TPSA) is 67.3 Å². The molecule has 0 saturated heterocycles. The van der Waals surface area contributed by atoms with Gasteiger partial charge in [0.25, 0.3) is 0 Å². The van der Waals surface area contributed by atoms with Gasteiger partial charge in [0.2, 0.25) is 5.88 Å². The molecule has 6 heteroatoms. The molecule has 0 bridgehead atoms. The minimum absolute atomic E-state index is 0.229. The third kappa shape index (κ3) is 4.45. The number of carbonyl (C=O) groups excluding carboxylic acids is 1. The predicted octanol–water partition coefficient (Wildman–Crippen LogP) is 2.54. The fourth-order valence-corrected chi connectivity index (χ4v) is 1.75. The maximum absolute atomic E-state index is 12.1. The summed E-state index contributed by atoms with van der Waals surface area (Å²) in [7, 11) is 1.72. The van der Waals surface area contributed by atoms with E-state index < -0.39 is 0 Å². The van der Waals surface area contributed by atoms with Crippen molar-refractivity contribution in [3.05, 3.63) is 48.3 Å². The molecule has 0 aromatic carbocycles. The Morgan fingerprint density at radius 2 is 2.05 bits per heavy atom. The Bertz CT molecular complexity index is 589. The van der Waals surface area contributed by atoms with E-state index in [4.69, 9.17) is 4.74 Å². The van der Waals surface area contributed by atoms with E-state index in [-0.39, 0.29) is 6.03 Å². The number of hydrogen-bond acceptors (Lipinski definition) is 4. The number of amides is 2. The smallest absolute Gasteiger partial charge is 0.323 e. The van der Waals surface area contributed by atoms with Crippen LogP contribution in [-0.4, -0.2) is 34.6 Å². The van der Waals surface area contributed by atoms with Gasteiger partial charge in [-0.05, 0) is 30.7 Å². The molecule has 0 unspecified atom stereocenters. The zero-order valence-corrected chi connectivity index (χ0v) is 12.1. The van der Waals surface area contributed by atoms with Crippen molar-refractivity contribution in [2.24, 2.45) is 0 Å². The molecule has 0 spiro atoms. The van der Waals surface area contributed by atoms with E-state index in [0.717, 1.165) is 5.56 Å². The Morgan fingerprint density at radius 3 is 2.76 bits per heavy atom. The molecule has 0 saturated carbocycles. The van der Waals surface area contributed by atoms with Gasteiger partial charge in [-0.25, -0.2) is 4.79 Å². The number of urea groups is 1. The van der Waals surface area contributed by atoms with Crippen LogP contribution in [0.4, 0.5) is 10.6 Å². The summed E-state index contributed by atoms with van der Waals surface area (Å²) < 4.78 is 5.30. The quantitative estimate of drug-likeness (QED) is 0.917. The predicted molar refractivity (Wildman–Crippen MR) is 80.1 cm³/mol. The SMILES string of the molecule is CCOc1cccc(NC(=O)N(C)Cc2ccncc2)n1. The minimum atomic E-state index is -0.229. The Balaban J connectivity index is 1.95. The highest BCUT2D eigenvalue weighted by Gasteiger charge is 2.10. The summed E-state index contributed by atoms with van der Waals surface area (Å²) in [6.45, 7) is 2.92. The summed E-state index contributed by atoms with van der Waals surface area (Å²) in [5.74, 6) is 0.958. The zero-order valence-electron chi connectivity index (χ0n) is 12.1. The second kappa shape index (κ2) is 7.23. The summed E-state index contributed by atoms with van der Waals surface area (Å²) in [6, 6.07) is 8.78. The Labute approximate surface area is 123 Å². The number of carbonyl (C=O) groups is 1. The zero-order chi connectivity index (χ0) is 15.1. The number of hydrogen-bond donors (Lipinski definition) is 1. The molecule has 21 heavy (non-hydrogen) atoms. The van der Waals surface area contributed by atoms with Gasteiger partial charge in [-0.3, -0.25) is 10.3 Å². The standard InChI is InChI=1S/C15H18N4O2/c1-3-21-14-6-4-5-13(17-14)18-15(20)19(2)11-12-7-9-16-10-8-12/h4-10H,3,11H2,1-2H3,(H,17,18,20). The highest BCUT2D eigenvalue weighted by molar-refractivity contribution is 5.88. The first-order chi connectivity index (χ1) is 10.2. The van der Waals surface area contributed by atoms with Crippen LogP contribution in [0.5, 0.6) is 5.88 Å². The molecule has 0 fully saturated rings. The molecule has 0 aliphatic rings. The van der Waals surface area contributed by atoms with E-state index in [9.17, 15) is 4.79 Å². The van der Waals surface area contributed by atoms with E-state index in [0.29, 0.717) is 24.8 Å². The summed E-state index contributed by atoms with van der Waals surface area (Å²) in [6.07, 6.45) is 3.41. The largest absolute Gasteiger partial charge is 0.478 e. The van der Waals surface area contributed by atoms with Gasteiger partial charge in [0.1, 0.15) is 5.82 Å². The van der Waals surface area contributed by atoms with Gasteiger partial charge in [0.15, 0.2) is 0 Å². The second-order valence-electron chi connectivity index (χ2n) is 4.44. The van der Waals surface area contributed by atoms with Crippen LogP contribution < -0.4 is 10.1 Å². The van der Waals surface area contributed by atoms with Crippen molar-refractivity contribution in [3.8, 4) is 5.88 Å². The maximum atomic E-state index is 12.1. The molecule has 110 valence electrons. The monoisotopic (exact) mass is 286 g/mol. The molecular weight excluding hydrogens is 268 g/mol. The average Bonchev–Trinajstić information content (AvgIpc) is 2.49. The molecule has 2 heterocycles. The third-order valence-corrected chi connectivity index (χ3v) is 2.77. The van der Waals surface area contributed by atoms with Crippen LogP contribution in [0.25, 0.3) is 0 Å². The number of anilines is 1. The van der Waals surface area contributed by atoms with Crippen molar-refractivity contribution in [1.82, 2.24) is 14.9 Å². The molecule has 6 nitrogen and oxygen atoms in total. The minimum Gasteiger partial charge on any atom is -0.478 e. The molecule has 2 aromatic rings. The van der Waals surface area contributed by atoms with E-state index in [1.807, 2.05) is 19.1 Å². The number of aromatic nitrogens is 2. The summed E-state index contributed by atoms with van der Waals surface area (Å²) in [4.78, 5) is 21.8. The van der Waals surface area contributed by atoms with Crippen LogP contribution >= 0.6 is 0 Å². The normalized spacial score (nSPS) is 10.0. The molecule has 0 radical (unpaired) electrons. The van der Waals surface area contributed by atoms with E-state index in [1.54, 1.807) is 42.5 Å². The third-order valence-electron chi connectivity index (χ3n) is 2.77. The number of rotatable bonds is 5. The summed E-state index contributed by atoms with van der Waals surface area (Å²) in [5.41, 5.74) is 1.01. The van der Waals surface area contributed by atoms with Crippen molar-refractivity contribution in [1.29, 1.82) is 0 Å². The van der Waals surface area contributed by atoms with Gasteiger partial charge in [0, 0.05) is 32.1 Å². The summed E-state index contributed by atoms with van der Waals surface area (Å²) in [5, 5.41) is 2.74. The van der Waals surface area contributed by atoms with Crippen LogP contribution in [0.15, 0.2) is 42.7 Å². The Kier molecular flexibility index (Phi) is 5.09. The van der Waals surface area contributed by atoms with Crippen LogP contribution in [-0.2, 0) is 6.54 Å². The lowest BCUT2D eigenvalue weighted by Gasteiger charge is -2.17. The summed E-state index contributed by atoms with van der Waals surface area (Å²) >= 11 is 0. The molecule has 1 N–H and O–H groups in total. The fourth-order valence-electron chi connectivity index (χ4n) is 1.75. The van der Waals surface area contributed by atoms with E-state index in [2.05, 4.69) is 15.3 Å². The van der Waals surface area contributed by atoms with Crippen LogP contribution in [0.1, 0.15) is 12.5 Å². The molecule has 2 rings (SSSR count). The first-order valence-electron chi connectivity index (χ1n) is 6.70. The van der Waals surface area contributed by atoms with Gasteiger partial charge in [-0.2, -0.15) is 4.98 Å². The lowest BCUT2D eigenvalue weighted by molar-refractivity contribution is 0.220. The number of pyridine rings is 2. The van der Waals surface area contributed by atoms with Crippen LogP contribution in [0, 0.1) is 0 Å². The van der Waals surface area contributed by atoms with Gasteiger partial charge >= 0.3 is 6.03 Å². The van der Waals surface area contributed by atoms with E-state index >= 15 is 0 Å². The lowest BCUT2D eigenvalue weighted by Crippen LogP contribution is -2.31. The molecule has 0 aliphatic carbocycles. The maximum Gasteiger partial charge on any atom is 0.323 e. The molecule has 0 aliphatic heterocycles. The van der Waals surface area contributed by atoms with Gasteiger partial charge < -0.3 is 9.64 Å². The van der Waals surface area contributed by atoms with Crippen molar-refractivity contribution < 1.29 is 9.53 Å². The Morgan fingerprint density at radius 1 is 1.29 bits per heavy atom. The van der Waals surface area contributed by atoms with Gasteiger partial charge in [0.05, 0.1) is 6.61 Å². The highest BCUT2D eigenvalue weighted by Crippen LogP contribution is 2.12. The number of ether oxygens (including phenoxy) is 1. The van der Waals surface area contributed by atoms with Crippen molar-refractivity contribution in [2.45, 2.75) is 13.5 Å². The molecule has 2 aromatic heterocycles. The van der Waals surface area contributed by atoms with Gasteiger partial charge in [-0.15, -0.1) is 0 Å². The van der Waals surface area contributed by atoms with Crippen molar-refractivity contribution in [2.75, 3.05) is 19.0 Å². The fraction of sp³-hybridized carbons (Fsp3) is 0.267. The van der Waals surface area contributed by atoms with Crippen molar-refractivity contribution in [3.63, 3.8) is 0 Å².